The summed E-state index contributed by atoms with van der Waals surface area (Å²) >= 11 is 0. The van der Waals surface area contributed by atoms with Crippen molar-refractivity contribution in [1.82, 2.24) is 15.3 Å². The van der Waals surface area contributed by atoms with Gasteiger partial charge < -0.3 is 10.6 Å². The van der Waals surface area contributed by atoms with E-state index in [4.69, 9.17) is 4.98 Å². The zero-order valence-electron chi connectivity index (χ0n) is 10.4. The van der Waals surface area contributed by atoms with Crippen molar-refractivity contribution in [1.29, 1.82) is 0 Å². The van der Waals surface area contributed by atoms with E-state index in [0.717, 1.165) is 38.3 Å². The van der Waals surface area contributed by atoms with Crippen molar-refractivity contribution in [2.75, 3.05) is 11.9 Å². The number of aromatic nitrogens is 2. The zero-order chi connectivity index (χ0) is 11.7. The number of nitrogens with zero attached hydrogens (tertiary/aromatic N) is 2. The highest BCUT2D eigenvalue weighted by molar-refractivity contribution is 5.37. The Balaban J connectivity index is 1.91. The molecule has 0 aromatic carbocycles. The molecule has 1 aliphatic carbocycles. The Kier molecular flexibility index (Phi) is 2.97. The average molecular weight is 232 g/mol. The molecular formula is C13H20N4. The highest BCUT2D eigenvalue weighted by Crippen LogP contribution is 2.25. The third kappa shape index (κ3) is 2.41. The molecule has 4 heteroatoms. The molecule has 4 nitrogen and oxygen atoms in total. The molecule has 0 saturated heterocycles. The topological polar surface area (TPSA) is 49.8 Å². The first-order chi connectivity index (χ1) is 8.36. The van der Waals surface area contributed by atoms with Crippen LogP contribution in [0.4, 0.5) is 5.95 Å². The SMILES string of the molecule is CCCc1nc(NC2CC2)nc2c1CNCC2. The van der Waals surface area contributed by atoms with Crippen LogP contribution in [-0.4, -0.2) is 22.6 Å². The maximum absolute atomic E-state index is 4.69. The third-order valence-corrected chi connectivity index (χ3v) is 3.42. The van der Waals surface area contributed by atoms with E-state index in [2.05, 4.69) is 22.5 Å². The maximum Gasteiger partial charge on any atom is 0.223 e. The lowest BCUT2D eigenvalue weighted by atomic mass is 10.0. The molecule has 2 heterocycles. The summed E-state index contributed by atoms with van der Waals surface area (Å²) in [6.45, 7) is 4.19. The Morgan fingerprint density at radius 3 is 3.00 bits per heavy atom. The van der Waals surface area contributed by atoms with Gasteiger partial charge in [-0.3, -0.25) is 0 Å². The minimum Gasteiger partial charge on any atom is -0.351 e. The average Bonchev–Trinajstić information content (AvgIpc) is 3.13. The van der Waals surface area contributed by atoms with E-state index >= 15 is 0 Å². The zero-order valence-corrected chi connectivity index (χ0v) is 10.4. The molecule has 0 spiro atoms. The molecule has 0 radical (unpaired) electrons. The minimum atomic E-state index is 0.629. The Morgan fingerprint density at radius 1 is 1.35 bits per heavy atom. The smallest absolute Gasteiger partial charge is 0.223 e. The van der Waals surface area contributed by atoms with Crippen LogP contribution in [0.3, 0.4) is 0 Å². The van der Waals surface area contributed by atoms with Crippen LogP contribution in [0, 0.1) is 0 Å². The van der Waals surface area contributed by atoms with E-state index in [1.165, 1.54) is 29.8 Å². The van der Waals surface area contributed by atoms with E-state index in [1.54, 1.807) is 0 Å². The lowest BCUT2D eigenvalue weighted by Crippen LogP contribution is -2.27. The number of fused-ring (bicyclic) bond motifs is 1. The molecular weight excluding hydrogens is 212 g/mol. The van der Waals surface area contributed by atoms with Gasteiger partial charge in [-0.2, -0.15) is 0 Å². The summed E-state index contributed by atoms with van der Waals surface area (Å²) < 4.78 is 0. The summed E-state index contributed by atoms with van der Waals surface area (Å²) in [4.78, 5) is 9.37. The molecule has 0 atom stereocenters. The fourth-order valence-electron chi connectivity index (χ4n) is 2.33. The van der Waals surface area contributed by atoms with Crippen molar-refractivity contribution in [3.05, 3.63) is 17.0 Å². The van der Waals surface area contributed by atoms with Gasteiger partial charge in [-0.1, -0.05) is 13.3 Å². The monoisotopic (exact) mass is 232 g/mol. The summed E-state index contributed by atoms with van der Waals surface area (Å²) in [7, 11) is 0. The quantitative estimate of drug-likeness (QED) is 0.828. The number of nitrogens with one attached hydrogen (secondary N) is 2. The molecule has 1 fully saturated rings. The van der Waals surface area contributed by atoms with Crippen LogP contribution in [0.1, 0.15) is 43.1 Å². The van der Waals surface area contributed by atoms with Gasteiger partial charge in [-0.25, -0.2) is 9.97 Å². The molecule has 0 bridgehead atoms. The van der Waals surface area contributed by atoms with E-state index in [1.807, 2.05) is 0 Å². The maximum atomic E-state index is 4.69. The van der Waals surface area contributed by atoms with Gasteiger partial charge in [0.1, 0.15) is 0 Å². The van der Waals surface area contributed by atoms with Gasteiger partial charge in [-0.05, 0) is 19.3 Å². The number of hydrogen-bond donors (Lipinski definition) is 2. The van der Waals surface area contributed by atoms with Crippen molar-refractivity contribution in [3.8, 4) is 0 Å². The predicted octanol–water partition coefficient (Wildman–Crippen LogP) is 1.65. The largest absolute Gasteiger partial charge is 0.351 e. The van der Waals surface area contributed by atoms with E-state index in [9.17, 15) is 0 Å². The number of anilines is 1. The lowest BCUT2D eigenvalue weighted by Gasteiger charge is -2.20. The fraction of sp³-hybridized carbons (Fsp3) is 0.692. The standard InChI is InChI=1S/C13H20N4/c1-2-3-11-10-8-14-7-6-12(10)17-13(16-11)15-9-4-5-9/h9,14H,2-8H2,1H3,(H,15,16,17). The van der Waals surface area contributed by atoms with Gasteiger partial charge in [0.2, 0.25) is 5.95 Å². The molecule has 3 rings (SSSR count). The molecule has 1 saturated carbocycles. The van der Waals surface area contributed by atoms with Crippen molar-refractivity contribution >= 4 is 5.95 Å². The van der Waals surface area contributed by atoms with E-state index in [0.29, 0.717) is 6.04 Å². The first-order valence-electron chi connectivity index (χ1n) is 6.72. The second kappa shape index (κ2) is 4.61. The molecule has 2 N–H and O–H groups in total. The summed E-state index contributed by atoms with van der Waals surface area (Å²) in [5.74, 6) is 0.858. The van der Waals surface area contributed by atoms with Crippen LogP contribution in [0.5, 0.6) is 0 Å². The van der Waals surface area contributed by atoms with Crippen LogP contribution in [0.15, 0.2) is 0 Å². The van der Waals surface area contributed by atoms with Crippen molar-refractivity contribution in [2.45, 2.75) is 51.6 Å². The van der Waals surface area contributed by atoms with Gasteiger partial charge in [0.05, 0.1) is 11.4 Å². The molecule has 2 aliphatic rings. The summed E-state index contributed by atoms with van der Waals surface area (Å²) in [6, 6.07) is 0.629. The van der Waals surface area contributed by atoms with E-state index < -0.39 is 0 Å². The van der Waals surface area contributed by atoms with Gasteiger partial charge in [0.15, 0.2) is 0 Å². The van der Waals surface area contributed by atoms with Crippen LogP contribution in [0.2, 0.25) is 0 Å². The molecule has 1 aromatic rings. The first-order valence-corrected chi connectivity index (χ1v) is 6.72. The van der Waals surface area contributed by atoms with Gasteiger partial charge in [-0.15, -0.1) is 0 Å². The molecule has 92 valence electrons. The number of hydrogen-bond acceptors (Lipinski definition) is 4. The number of aryl methyl sites for hydroxylation is 1. The molecule has 17 heavy (non-hydrogen) atoms. The molecule has 1 aromatic heterocycles. The Morgan fingerprint density at radius 2 is 2.24 bits per heavy atom. The summed E-state index contributed by atoms with van der Waals surface area (Å²) in [5, 5.41) is 6.83. The highest BCUT2D eigenvalue weighted by atomic mass is 15.1. The van der Waals surface area contributed by atoms with Crippen LogP contribution in [0.25, 0.3) is 0 Å². The van der Waals surface area contributed by atoms with Crippen LogP contribution < -0.4 is 10.6 Å². The Bertz CT molecular complexity index is 412. The van der Waals surface area contributed by atoms with Crippen molar-refractivity contribution in [3.63, 3.8) is 0 Å². The molecule has 0 amide bonds. The van der Waals surface area contributed by atoms with Gasteiger partial charge in [0, 0.05) is 31.1 Å². The van der Waals surface area contributed by atoms with Gasteiger partial charge >= 0.3 is 0 Å². The number of rotatable bonds is 4. The minimum absolute atomic E-state index is 0.629. The Labute approximate surface area is 102 Å². The molecule has 1 aliphatic heterocycles. The van der Waals surface area contributed by atoms with Crippen LogP contribution >= 0.6 is 0 Å². The fourth-order valence-corrected chi connectivity index (χ4v) is 2.33. The van der Waals surface area contributed by atoms with Crippen molar-refractivity contribution < 1.29 is 0 Å². The summed E-state index contributed by atoms with van der Waals surface area (Å²) in [5.41, 5.74) is 3.85. The van der Waals surface area contributed by atoms with Crippen molar-refractivity contribution in [2.24, 2.45) is 0 Å². The lowest BCUT2D eigenvalue weighted by molar-refractivity contribution is 0.615. The summed E-state index contributed by atoms with van der Waals surface area (Å²) in [6.07, 6.45) is 5.78. The second-order valence-electron chi connectivity index (χ2n) is 5.01. The third-order valence-electron chi connectivity index (χ3n) is 3.42. The predicted molar refractivity (Wildman–Crippen MR) is 68.1 cm³/mol. The Hall–Kier alpha value is -1.16. The molecule has 0 unspecified atom stereocenters. The normalized spacial score (nSPS) is 18.9. The van der Waals surface area contributed by atoms with Crippen LogP contribution in [-0.2, 0) is 19.4 Å². The highest BCUT2D eigenvalue weighted by Gasteiger charge is 2.23. The van der Waals surface area contributed by atoms with E-state index in [-0.39, 0.29) is 0 Å². The first kappa shape index (κ1) is 11.0. The van der Waals surface area contributed by atoms with Gasteiger partial charge in [0.25, 0.3) is 0 Å². The second-order valence-corrected chi connectivity index (χ2v) is 5.01.